The Bertz CT molecular complexity index is 1620. The number of anilines is 2. The van der Waals surface area contributed by atoms with Crippen molar-refractivity contribution in [3.8, 4) is 17.6 Å². The van der Waals surface area contributed by atoms with Gasteiger partial charge in [0.2, 0.25) is 0 Å². The molecule has 3 aromatic heterocycles. The molecule has 0 aliphatic rings. The van der Waals surface area contributed by atoms with Crippen LogP contribution in [0.15, 0.2) is 47.4 Å². The fraction of sp³-hybridized carbons (Fsp3) is 0.167. The van der Waals surface area contributed by atoms with Gasteiger partial charge in [-0.15, -0.1) is 0 Å². The normalized spacial score (nSPS) is 12.2. The van der Waals surface area contributed by atoms with Crippen LogP contribution in [0.25, 0.3) is 22.6 Å². The molecular weight excluding hydrogens is 557 g/mol. The van der Waals surface area contributed by atoms with Crippen molar-refractivity contribution in [2.75, 3.05) is 16.0 Å². The number of pyridine rings is 2. The molecule has 4 aromatic rings. The van der Waals surface area contributed by atoms with Crippen molar-refractivity contribution in [2.45, 2.75) is 18.0 Å². The molecule has 3 heterocycles. The predicted octanol–water partition coefficient (Wildman–Crippen LogP) is 5.35. The fourth-order valence-electron chi connectivity index (χ4n) is 3.71. The molecule has 2 N–H and O–H groups in total. The topological polar surface area (TPSA) is 147 Å². The van der Waals surface area contributed by atoms with Gasteiger partial charge >= 0.3 is 12.2 Å². The van der Waals surface area contributed by atoms with Crippen LogP contribution in [-0.2, 0) is 24.4 Å². The van der Waals surface area contributed by atoms with Crippen LogP contribution in [0.4, 0.5) is 29.5 Å². The van der Waals surface area contributed by atoms with E-state index in [1.165, 1.54) is 35.9 Å². The Balaban J connectivity index is 1.82. The number of imidazole rings is 1. The number of aryl methyl sites for hydroxylation is 1. The number of carbonyl (C=O) groups is 1. The van der Waals surface area contributed by atoms with E-state index in [1.807, 2.05) is 0 Å². The number of fused-ring (bicyclic) bond motifs is 1. The van der Waals surface area contributed by atoms with Gasteiger partial charge in [-0.1, -0.05) is 11.6 Å². The minimum atomic E-state index is -4.81. The number of aromatic nitrogens is 4. The molecule has 2 amide bonds. The van der Waals surface area contributed by atoms with Crippen molar-refractivity contribution >= 4 is 57.7 Å². The Kier molecular flexibility index (Phi) is 7.77. The quantitative estimate of drug-likeness (QED) is 0.180. The Morgan fingerprint density at radius 3 is 2.54 bits per heavy atom. The number of hydrogen-bond donors (Lipinski definition) is 2. The molecule has 0 radical (unpaired) electrons. The standard InChI is InChI=1S/C24H18ClF3N8O2S/c1-3-39(38)17-8-9-19(34-23(37)36(12-30)14-6-4-13(25)5-7-14)33-20(17)22-32-15-10-18(24(26,27)28)31-16(11-29)21(15)35(22)2/h4-10,12,30H,3H2,1-2H3,(H,33,34,37). The lowest BCUT2D eigenvalue weighted by Gasteiger charge is -2.18. The third-order valence-corrected chi connectivity index (χ3v) is 7.11. The molecule has 200 valence electrons. The summed E-state index contributed by atoms with van der Waals surface area (Å²) in [5.41, 5.74) is -1.53. The number of nitriles is 1. The van der Waals surface area contributed by atoms with Crippen LogP contribution in [0.2, 0.25) is 5.02 Å². The Morgan fingerprint density at radius 1 is 1.26 bits per heavy atom. The van der Waals surface area contributed by atoms with Gasteiger partial charge in [-0.3, -0.25) is 15.6 Å². The fourth-order valence-corrected chi connectivity index (χ4v) is 4.72. The Morgan fingerprint density at radius 2 is 1.95 bits per heavy atom. The van der Waals surface area contributed by atoms with Gasteiger partial charge in [0.15, 0.2) is 22.1 Å². The van der Waals surface area contributed by atoms with E-state index in [2.05, 4.69) is 20.3 Å². The first-order chi connectivity index (χ1) is 18.5. The minimum absolute atomic E-state index is 0.00525. The SMILES string of the molecule is CC[S+]([O-])c1ccc(NC(=O)N(C=N)c2ccc(Cl)cc2)nc1-c1nc2cc(C(F)(F)F)nc(C#N)c2n1C. The number of benzene rings is 1. The monoisotopic (exact) mass is 574 g/mol. The zero-order valence-electron chi connectivity index (χ0n) is 20.2. The van der Waals surface area contributed by atoms with Gasteiger partial charge in [0.1, 0.15) is 28.9 Å². The molecule has 1 unspecified atom stereocenters. The van der Waals surface area contributed by atoms with E-state index in [1.54, 1.807) is 25.1 Å². The zero-order valence-corrected chi connectivity index (χ0v) is 21.8. The van der Waals surface area contributed by atoms with Gasteiger partial charge in [-0.2, -0.15) is 18.4 Å². The average Bonchev–Trinajstić information content (AvgIpc) is 3.25. The summed E-state index contributed by atoms with van der Waals surface area (Å²) in [6.45, 7) is 1.67. The van der Waals surface area contributed by atoms with Crippen LogP contribution < -0.4 is 10.2 Å². The zero-order chi connectivity index (χ0) is 28.5. The van der Waals surface area contributed by atoms with E-state index < -0.39 is 34.8 Å². The van der Waals surface area contributed by atoms with Crippen LogP contribution in [-0.4, -0.2) is 42.2 Å². The highest BCUT2D eigenvalue weighted by Gasteiger charge is 2.35. The number of rotatable bonds is 6. The van der Waals surface area contributed by atoms with Crippen molar-refractivity contribution in [3.05, 3.63) is 58.9 Å². The number of halogens is 4. The van der Waals surface area contributed by atoms with Gasteiger partial charge < -0.3 is 9.12 Å². The van der Waals surface area contributed by atoms with Crippen LogP contribution in [0, 0.1) is 16.7 Å². The summed E-state index contributed by atoms with van der Waals surface area (Å²) in [6, 6.07) is 10.7. The summed E-state index contributed by atoms with van der Waals surface area (Å²) in [6.07, 6.45) is -4.01. The lowest BCUT2D eigenvalue weighted by atomic mass is 10.2. The maximum Gasteiger partial charge on any atom is 0.433 e. The lowest BCUT2D eigenvalue weighted by molar-refractivity contribution is -0.141. The molecule has 0 aliphatic heterocycles. The molecule has 39 heavy (non-hydrogen) atoms. The molecule has 0 bridgehead atoms. The molecule has 4 rings (SSSR count). The second kappa shape index (κ2) is 10.9. The molecule has 15 heteroatoms. The van der Waals surface area contributed by atoms with Crippen molar-refractivity contribution in [1.82, 2.24) is 19.5 Å². The summed E-state index contributed by atoms with van der Waals surface area (Å²) >= 11 is 4.32. The first kappa shape index (κ1) is 27.8. The van der Waals surface area contributed by atoms with Crippen LogP contribution >= 0.6 is 11.6 Å². The van der Waals surface area contributed by atoms with E-state index in [4.69, 9.17) is 17.0 Å². The van der Waals surface area contributed by atoms with Crippen LogP contribution in [0.5, 0.6) is 0 Å². The highest BCUT2D eigenvalue weighted by molar-refractivity contribution is 7.91. The highest BCUT2D eigenvalue weighted by Crippen LogP contribution is 2.34. The van der Waals surface area contributed by atoms with E-state index in [0.717, 1.165) is 17.3 Å². The van der Waals surface area contributed by atoms with E-state index in [-0.39, 0.29) is 39.0 Å². The maximum absolute atomic E-state index is 13.4. The minimum Gasteiger partial charge on any atom is -0.611 e. The molecule has 0 spiro atoms. The van der Waals surface area contributed by atoms with Crippen molar-refractivity contribution in [1.29, 1.82) is 10.7 Å². The maximum atomic E-state index is 13.4. The second-order valence-corrected chi connectivity index (χ2v) is 10.1. The first-order valence-electron chi connectivity index (χ1n) is 11.1. The molecule has 0 aliphatic carbocycles. The Hall–Kier alpha value is -4.19. The van der Waals surface area contributed by atoms with Crippen LogP contribution in [0.1, 0.15) is 18.3 Å². The van der Waals surface area contributed by atoms with E-state index in [9.17, 15) is 27.8 Å². The second-order valence-electron chi connectivity index (χ2n) is 7.91. The van der Waals surface area contributed by atoms with Crippen molar-refractivity contribution in [2.24, 2.45) is 7.05 Å². The number of nitrogens with one attached hydrogen (secondary N) is 2. The average molecular weight is 575 g/mol. The third kappa shape index (κ3) is 5.51. The highest BCUT2D eigenvalue weighted by atomic mass is 35.5. The number of nitrogens with zero attached hydrogens (tertiary/aromatic N) is 6. The van der Waals surface area contributed by atoms with Gasteiger partial charge in [0.05, 0.1) is 17.5 Å². The number of alkyl halides is 3. The Labute approximate surface area is 227 Å². The smallest absolute Gasteiger partial charge is 0.433 e. The molecular formula is C24H18ClF3N8O2S. The largest absolute Gasteiger partial charge is 0.611 e. The van der Waals surface area contributed by atoms with Crippen molar-refractivity contribution < 1.29 is 22.5 Å². The number of amides is 2. The summed E-state index contributed by atoms with van der Waals surface area (Å²) in [5.74, 6) is 0.206. The molecule has 1 atom stereocenters. The lowest BCUT2D eigenvalue weighted by Crippen LogP contribution is -2.33. The number of hydrogen-bond acceptors (Lipinski definition) is 7. The van der Waals surface area contributed by atoms with Gasteiger partial charge in [-0.25, -0.2) is 19.7 Å². The van der Waals surface area contributed by atoms with Gasteiger partial charge in [0, 0.05) is 12.1 Å². The molecule has 1 aromatic carbocycles. The van der Waals surface area contributed by atoms with Gasteiger partial charge in [0.25, 0.3) is 0 Å². The number of carbonyl (C=O) groups excluding carboxylic acids is 1. The van der Waals surface area contributed by atoms with Crippen molar-refractivity contribution in [3.63, 3.8) is 0 Å². The van der Waals surface area contributed by atoms with E-state index in [0.29, 0.717) is 10.7 Å². The molecule has 0 saturated carbocycles. The molecule has 10 nitrogen and oxygen atoms in total. The first-order valence-corrected chi connectivity index (χ1v) is 12.8. The summed E-state index contributed by atoms with van der Waals surface area (Å²) in [4.78, 5) is 26.3. The summed E-state index contributed by atoms with van der Waals surface area (Å²) in [7, 11) is 1.46. The summed E-state index contributed by atoms with van der Waals surface area (Å²) in [5, 5.41) is 20.1. The predicted molar refractivity (Wildman–Crippen MR) is 140 cm³/mol. The van der Waals surface area contributed by atoms with E-state index >= 15 is 0 Å². The van der Waals surface area contributed by atoms with Gasteiger partial charge in [-0.05, 0) is 60.6 Å². The summed E-state index contributed by atoms with van der Waals surface area (Å²) < 4.78 is 54.3. The number of urea groups is 1. The van der Waals surface area contributed by atoms with Crippen LogP contribution in [0.3, 0.4) is 0 Å². The third-order valence-electron chi connectivity index (χ3n) is 5.51. The molecule has 0 fully saturated rings. The molecule has 0 saturated heterocycles.